The van der Waals surface area contributed by atoms with Crippen LogP contribution in [0.4, 0.5) is 0 Å². The Balaban J connectivity index is 1.79. The molecule has 7 heteroatoms. The van der Waals surface area contributed by atoms with E-state index in [0.29, 0.717) is 28.1 Å². The summed E-state index contributed by atoms with van der Waals surface area (Å²) >= 11 is 6.41. The van der Waals surface area contributed by atoms with Crippen LogP contribution in [-0.4, -0.2) is 86.2 Å². The van der Waals surface area contributed by atoms with Crippen molar-refractivity contribution in [3.05, 3.63) is 22.7 Å². The molecule has 1 atom stereocenters. The molecule has 2 fully saturated rings. The molecule has 0 spiro atoms. The van der Waals surface area contributed by atoms with Gasteiger partial charge < -0.3 is 19.3 Å². The molecular weight excluding hydrogens is 354 g/mol. The molecule has 1 unspecified atom stereocenters. The number of amides is 1. The highest BCUT2D eigenvalue weighted by molar-refractivity contribution is 6.34. The van der Waals surface area contributed by atoms with Crippen LogP contribution >= 0.6 is 11.6 Å². The average molecular weight is 382 g/mol. The fourth-order valence-corrected chi connectivity index (χ4v) is 3.90. The summed E-state index contributed by atoms with van der Waals surface area (Å²) in [6.07, 6.45) is -0.00196. The molecule has 1 aromatic rings. The highest BCUT2D eigenvalue weighted by Crippen LogP contribution is 2.35. The number of likely N-dealkylation sites (N-methyl/N-ethyl adjacent to an activating group) is 1. The van der Waals surface area contributed by atoms with E-state index in [1.807, 2.05) is 18.7 Å². The van der Waals surface area contributed by atoms with Crippen molar-refractivity contribution in [2.24, 2.45) is 0 Å². The van der Waals surface area contributed by atoms with Gasteiger partial charge in [0.1, 0.15) is 0 Å². The molecule has 0 bridgehead atoms. The van der Waals surface area contributed by atoms with Crippen LogP contribution in [0.1, 0.15) is 24.2 Å². The zero-order valence-corrected chi connectivity index (χ0v) is 16.8. The molecule has 2 aliphatic heterocycles. The van der Waals surface area contributed by atoms with Gasteiger partial charge in [0.2, 0.25) is 0 Å². The van der Waals surface area contributed by atoms with Gasteiger partial charge in [0, 0.05) is 51.4 Å². The Morgan fingerprint density at radius 3 is 2.58 bits per heavy atom. The van der Waals surface area contributed by atoms with E-state index in [1.165, 1.54) is 0 Å². The molecule has 144 valence electrons. The molecular formula is C19H28ClN3O3. The molecule has 0 N–H and O–H groups in total. The Morgan fingerprint density at radius 2 is 1.88 bits per heavy atom. The highest BCUT2D eigenvalue weighted by Gasteiger charge is 2.33. The normalized spacial score (nSPS) is 21.6. The number of fused-ring (bicyclic) bond motifs is 1. The maximum atomic E-state index is 13.1. The van der Waals surface area contributed by atoms with Crippen molar-refractivity contribution in [2.75, 3.05) is 53.4 Å². The molecule has 1 aromatic carbocycles. The number of ether oxygens (including phenoxy) is 2. The van der Waals surface area contributed by atoms with Crippen molar-refractivity contribution in [3.63, 3.8) is 0 Å². The molecule has 0 aromatic heterocycles. The molecule has 3 rings (SSSR count). The van der Waals surface area contributed by atoms with Gasteiger partial charge >= 0.3 is 0 Å². The summed E-state index contributed by atoms with van der Waals surface area (Å²) < 4.78 is 11.1. The molecule has 2 aliphatic rings. The van der Waals surface area contributed by atoms with Crippen LogP contribution in [0.15, 0.2) is 12.1 Å². The van der Waals surface area contributed by atoms with Crippen LogP contribution in [0.2, 0.25) is 5.02 Å². The number of hydrogen-bond donors (Lipinski definition) is 0. The van der Waals surface area contributed by atoms with Gasteiger partial charge in [0.05, 0.1) is 23.8 Å². The molecule has 1 amide bonds. The second-order valence-electron chi connectivity index (χ2n) is 7.35. The van der Waals surface area contributed by atoms with Crippen molar-refractivity contribution >= 4 is 17.5 Å². The first kappa shape index (κ1) is 19.3. The fraction of sp³-hybridized carbons (Fsp3) is 0.632. The number of benzene rings is 1. The Morgan fingerprint density at radius 1 is 1.15 bits per heavy atom. The number of nitrogens with zero attached hydrogens (tertiary/aromatic N) is 3. The zero-order chi connectivity index (χ0) is 18.8. The summed E-state index contributed by atoms with van der Waals surface area (Å²) in [6.45, 7) is 9.38. The van der Waals surface area contributed by atoms with Crippen molar-refractivity contribution in [1.82, 2.24) is 14.7 Å². The fourth-order valence-electron chi connectivity index (χ4n) is 3.67. The van der Waals surface area contributed by atoms with E-state index in [4.69, 9.17) is 21.1 Å². The van der Waals surface area contributed by atoms with Crippen molar-refractivity contribution in [2.45, 2.75) is 26.0 Å². The Kier molecular flexibility index (Phi) is 5.95. The monoisotopic (exact) mass is 381 g/mol. The third-order valence-corrected chi connectivity index (χ3v) is 5.34. The first-order valence-corrected chi connectivity index (χ1v) is 9.53. The van der Waals surface area contributed by atoms with Gasteiger partial charge in [-0.15, -0.1) is 0 Å². The van der Waals surface area contributed by atoms with Gasteiger partial charge in [-0.3, -0.25) is 9.69 Å². The van der Waals surface area contributed by atoms with E-state index in [0.717, 1.165) is 39.3 Å². The lowest BCUT2D eigenvalue weighted by Gasteiger charge is -2.46. The van der Waals surface area contributed by atoms with Crippen LogP contribution in [0.25, 0.3) is 0 Å². The summed E-state index contributed by atoms with van der Waals surface area (Å²) in [5.74, 6) is 1.04. The van der Waals surface area contributed by atoms with E-state index in [9.17, 15) is 4.79 Å². The lowest BCUT2D eigenvalue weighted by Crippen LogP contribution is -2.62. The maximum Gasteiger partial charge on any atom is 0.255 e. The number of carbonyl (C=O) groups excluding carboxylic acids is 1. The highest BCUT2D eigenvalue weighted by atomic mass is 35.5. The van der Waals surface area contributed by atoms with Crippen molar-refractivity contribution < 1.29 is 14.3 Å². The van der Waals surface area contributed by atoms with Crippen molar-refractivity contribution in [3.8, 4) is 11.5 Å². The van der Waals surface area contributed by atoms with E-state index in [-0.39, 0.29) is 12.0 Å². The first-order valence-electron chi connectivity index (χ1n) is 9.15. The average Bonchev–Trinajstić information content (AvgIpc) is 2.60. The van der Waals surface area contributed by atoms with Gasteiger partial charge in [0.25, 0.3) is 5.91 Å². The predicted molar refractivity (Wildman–Crippen MR) is 103 cm³/mol. The third kappa shape index (κ3) is 4.08. The predicted octanol–water partition coefficient (Wildman–Crippen LogP) is 2.21. The minimum absolute atomic E-state index is 0.00196. The van der Waals surface area contributed by atoms with Crippen LogP contribution in [0.5, 0.6) is 11.5 Å². The first-order chi connectivity index (χ1) is 12.4. The van der Waals surface area contributed by atoms with Gasteiger partial charge in [-0.25, -0.2) is 0 Å². The molecule has 6 nitrogen and oxygen atoms in total. The largest absolute Gasteiger partial charge is 0.493 e. The molecule has 0 aliphatic carbocycles. The van der Waals surface area contributed by atoms with E-state index < -0.39 is 0 Å². The lowest BCUT2D eigenvalue weighted by atomic mass is 10.1. The number of halogens is 1. The zero-order valence-electron chi connectivity index (χ0n) is 16.0. The molecule has 2 heterocycles. The summed E-state index contributed by atoms with van der Waals surface area (Å²) in [6, 6.07) is 3.76. The molecule has 0 radical (unpaired) electrons. The van der Waals surface area contributed by atoms with Gasteiger partial charge in [0.15, 0.2) is 11.5 Å². The second-order valence-corrected chi connectivity index (χ2v) is 7.76. The van der Waals surface area contributed by atoms with Gasteiger partial charge in [-0.05, 0) is 27.0 Å². The smallest absolute Gasteiger partial charge is 0.255 e. The summed E-state index contributed by atoms with van der Waals surface area (Å²) in [5.41, 5.74) is 0.470. The van der Waals surface area contributed by atoms with Crippen LogP contribution in [-0.2, 0) is 0 Å². The van der Waals surface area contributed by atoms with Crippen LogP contribution < -0.4 is 9.47 Å². The maximum absolute atomic E-state index is 13.1. The Bertz CT molecular complexity index is 668. The Labute approximate surface area is 160 Å². The molecule has 26 heavy (non-hydrogen) atoms. The standard InChI is InChI=1S/C19H28ClN3O3/c1-13(2)26-18-10-16(20)15(9-17(18)25-4)19(24)23-8-7-22-6-5-21(3)11-14(22)12-23/h9-10,13-14H,5-8,11-12H2,1-4H3. The van der Waals surface area contributed by atoms with Crippen LogP contribution in [0, 0.1) is 0 Å². The number of piperazine rings is 2. The van der Waals surface area contributed by atoms with E-state index >= 15 is 0 Å². The molecule has 2 saturated heterocycles. The minimum atomic E-state index is -0.0442. The third-order valence-electron chi connectivity index (χ3n) is 5.03. The summed E-state index contributed by atoms with van der Waals surface area (Å²) in [7, 11) is 3.70. The minimum Gasteiger partial charge on any atom is -0.493 e. The SMILES string of the molecule is COc1cc(C(=O)N2CCN3CCN(C)CC3C2)c(Cl)cc1OC(C)C. The second kappa shape index (κ2) is 8.03. The van der Waals surface area contributed by atoms with E-state index in [2.05, 4.69) is 16.8 Å². The van der Waals surface area contributed by atoms with Gasteiger partial charge in [-0.1, -0.05) is 11.6 Å². The quantitative estimate of drug-likeness (QED) is 0.800. The summed E-state index contributed by atoms with van der Waals surface area (Å²) in [4.78, 5) is 19.8. The lowest BCUT2D eigenvalue weighted by molar-refractivity contribution is 0.0190. The topological polar surface area (TPSA) is 45.2 Å². The number of hydrogen-bond acceptors (Lipinski definition) is 5. The number of carbonyl (C=O) groups is 1. The van der Waals surface area contributed by atoms with E-state index in [1.54, 1.807) is 19.2 Å². The van der Waals surface area contributed by atoms with Gasteiger partial charge in [-0.2, -0.15) is 0 Å². The Hall–Kier alpha value is -1.50. The van der Waals surface area contributed by atoms with Crippen LogP contribution in [0.3, 0.4) is 0 Å². The summed E-state index contributed by atoms with van der Waals surface area (Å²) in [5, 5.41) is 0.398. The molecule has 0 saturated carbocycles. The number of methoxy groups -OCH3 is 1. The van der Waals surface area contributed by atoms with Crippen molar-refractivity contribution in [1.29, 1.82) is 0 Å². The number of rotatable bonds is 4.